The molecule has 2 rings (SSSR count). The predicted octanol–water partition coefficient (Wildman–Crippen LogP) is 1.93. The molecule has 0 atom stereocenters. The molecule has 0 aliphatic heterocycles. The van der Waals surface area contributed by atoms with Crippen molar-refractivity contribution in [1.82, 2.24) is 5.32 Å². The highest BCUT2D eigenvalue weighted by Gasteiger charge is 2.14. The molecule has 5 N–H and O–H groups in total. The van der Waals surface area contributed by atoms with Crippen molar-refractivity contribution in [2.45, 2.75) is 38.2 Å². The van der Waals surface area contributed by atoms with Gasteiger partial charge in [-0.25, -0.2) is 0 Å². The first-order valence-corrected chi connectivity index (χ1v) is 7.21. The quantitative estimate of drug-likeness (QED) is 0.566. The van der Waals surface area contributed by atoms with Gasteiger partial charge in [0.1, 0.15) is 0 Å². The number of nitrogens with one attached hydrogen (secondary N) is 1. The summed E-state index contributed by atoms with van der Waals surface area (Å²) in [6.45, 7) is 1.05. The number of amides is 1. The smallest absolute Gasteiger partial charge is 0.253 e. The van der Waals surface area contributed by atoms with Crippen molar-refractivity contribution < 1.29 is 9.53 Å². The van der Waals surface area contributed by atoms with Crippen LogP contribution in [0.2, 0.25) is 0 Å². The molecule has 1 amide bonds. The van der Waals surface area contributed by atoms with Gasteiger partial charge >= 0.3 is 0 Å². The monoisotopic (exact) mass is 277 g/mol. The number of ether oxygens (including phenoxy) is 1. The maximum Gasteiger partial charge on any atom is 0.253 e. The molecule has 1 aromatic carbocycles. The Morgan fingerprint density at radius 1 is 1.25 bits per heavy atom. The van der Waals surface area contributed by atoms with Crippen LogP contribution in [0.4, 0.5) is 11.4 Å². The van der Waals surface area contributed by atoms with Gasteiger partial charge in [-0.05, 0) is 31.0 Å². The van der Waals surface area contributed by atoms with E-state index in [-0.39, 0.29) is 5.91 Å². The van der Waals surface area contributed by atoms with Crippen molar-refractivity contribution in [3.05, 3.63) is 23.8 Å². The van der Waals surface area contributed by atoms with E-state index in [1.54, 1.807) is 18.2 Å². The van der Waals surface area contributed by atoms with Gasteiger partial charge in [-0.3, -0.25) is 4.79 Å². The Balaban J connectivity index is 1.72. The molecule has 0 bridgehead atoms. The first-order valence-electron chi connectivity index (χ1n) is 7.21. The molecule has 20 heavy (non-hydrogen) atoms. The summed E-state index contributed by atoms with van der Waals surface area (Å²) >= 11 is 0. The third-order valence-electron chi connectivity index (χ3n) is 3.61. The van der Waals surface area contributed by atoms with E-state index in [4.69, 9.17) is 16.2 Å². The number of benzene rings is 1. The topological polar surface area (TPSA) is 90.4 Å². The Bertz CT molecular complexity index is 456. The summed E-state index contributed by atoms with van der Waals surface area (Å²) in [6.07, 6.45) is 6.45. The van der Waals surface area contributed by atoms with Gasteiger partial charge in [0.05, 0.1) is 18.3 Å². The number of anilines is 2. The van der Waals surface area contributed by atoms with Crippen molar-refractivity contribution in [1.29, 1.82) is 0 Å². The van der Waals surface area contributed by atoms with Crippen LogP contribution < -0.4 is 16.8 Å². The molecule has 1 aliphatic carbocycles. The summed E-state index contributed by atoms with van der Waals surface area (Å²) in [7, 11) is 0. The molecular weight excluding hydrogens is 254 g/mol. The Kier molecular flexibility index (Phi) is 5.24. The molecule has 5 nitrogen and oxygen atoms in total. The number of rotatable bonds is 5. The summed E-state index contributed by atoms with van der Waals surface area (Å²) < 4.78 is 5.75. The van der Waals surface area contributed by atoms with E-state index in [1.165, 1.54) is 19.3 Å². The van der Waals surface area contributed by atoms with E-state index in [9.17, 15) is 4.79 Å². The summed E-state index contributed by atoms with van der Waals surface area (Å²) in [4.78, 5) is 11.9. The van der Waals surface area contributed by atoms with E-state index in [0.29, 0.717) is 36.2 Å². The Hall–Kier alpha value is -1.75. The minimum absolute atomic E-state index is 0.185. The van der Waals surface area contributed by atoms with Gasteiger partial charge in [-0.1, -0.05) is 19.3 Å². The van der Waals surface area contributed by atoms with Crippen molar-refractivity contribution >= 4 is 17.3 Å². The second-order valence-electron chi connectivity index (χ2n) is 5.23. The lowest BCUT2D eigenvalue weighted by Crippen LogP contribution is -2.29. The molecule has 0 unspecified atom stereocenters. The highest BCUT2D eigenvalue weighted by molar-refractivity contribution is 5.99. The van der Waals surface area contributed by atoms with Crippen LogP contribution in [0.25, 0.3) is 0 Å². The fourth-order valence-corrected chi connectivity index (χ4v) is 2.51. The van der Waals surface area contributed by atoms with E-state index in [0.717, 1.165) is 12.8 Å². The first kappa shape index (κ1) is 14.7. The average Bonchev–Trinajstić information content (AvgIpc) is 2.44. The molecule has 0 saturated heterocycles. The second kappa shape index (κ2) is 7.14. The third-order valence-corrected chi connectivity index (χ3v) is 3.61. The lowest BCUT2D eigenvalue weighted by atomic mass is 9.98. The van der Waals surface area contributed by atoms with Crippen molar-refractivity contribution in [2.75, 3.05) is 24.6 Å². The average molecular weight is 277 g/mol. The van der Waals surface area contributed by atoms with E-state index >= 15 is 0 Å². The molecule has 0 heterocycles. The number of nitrogen functional groups attached to an aromatic ring is 2. The summed E-state index contributed by atoms with van der Waals surface area (Å²) in [5, 5.41) is 2.81. The number of carbonyl (C=O) groups is 1. The first-order chi connectivity index (χ1) is 9.66. The van der Waals surface area contributed by atoms with Crippen LogP contribution in [0.15, 0.2) is 18.2 Å². The minimum atomic E-state index is -0.185. The van der Waals surface area contributed by atoms with Gasteiger partial charge in [-0.15, -0.1) is 0 Å². The number of hydrogen-bond donors (Lipinski definition) is 3. The molecule has 5 heteroatoms. The molecule has 0 spiro atoms. The largest absolute Gasteiger partial charge is 0.399 e. The highest BCUT2D eigenvalue weighted by Crippen LogP contribution is 2.20. The zero-order chi connectivity index (χ0) is 14.4. The lowest BCUT2D eigenvalue weighted by molar-refractivity contribution is 0.0299. The molecule has 110 valence electrons. The normalized spacial score (nSPS) is 16.0. The molecule has 1 aliphatic rings. The number of nitrogens with two attached hydrogens (primary N) is 2. The van der Waals surface area contributed by atoms with Crippen LogP contribution in [0.5, 0.6) is 0 Å². The fourth-order valence-electron chi connectivity index (χ4n) is 2.51. The van der Waals surface area contributed by atoms with Gasteiger partial charge in [0.15, 0.2) is 0 Å². The molecule has 0 radical (unpaired) electrons. The minimum Gasteiger partial charge on any atom is -0.399 e. The number of hydrogen-bond acceptors (Lipinski definition) is 4. The maximum absolute atomic E-state index is 11.9. The van der Waals surface area contributed by atoms with E-state index in [1.807, 2.05) is 0 Å². The van der Waals surface area contributed by atoms with Crippen LogP contribution >= 0.6 is 0 Å². The molecule has 0 aromatic heterocycles. The fraction of sp³-hybridized carbons (Fsp3) is 0.533. The lowest BCUT2D eigenvalue weighted by Gasteiger charge is -2.22. The van der Waals surface area contributed by atoms with Crippen LogP contribution in [0.1, 0.15) is 42.5 Å². The zero-order valence-corrected chi connectivity index (χ0v) is 11.7. The van der Waals surface area contributed by atoms with E-state index < -0.39 is 0 Å². The van der Waals surface area contributed by atoms with Crippen LogP contribution in [-0.2, 0) is 4.74 Å². The third kappa shape index (κ3) is 4.13. The van der Waals surface area contributed by atoms with E-state index in [2.05, 4.69) is 5.32 Å². The molecule has 1 fully saturated rings. The van der Waals surface area contributed by atoms with Gasteiger partial charge < -0.3 is 21.5 Å². The highest BCUT2D eigenvalue weighted by atomic mass is 16.5. The summed E-state index contributed by atoms with van der Waals surface area (Å²) in [5.74, 6) is -0.185. The van der Waals surface area contributed by atoms with Crippen molar-refractivity contribution in [3.8, 4) is 0 Å². The Labute approximate surface area is 119 Å². The van der Waals surface area contributed by atoms with Crippen LogP contribution in [-0.4, -0.2) is 25.2 Å². The van der Waals surface area contributed by atoms with Gasteiger partial charge in [0.2, 0.25) is 0 Å². The molecule has 1 aromatic rings. The summed E-state index contributed by atoms with van der Waals surface area (Å²) in [6, 6.07) is 4.90. The Morgan fingerprint density at radius 2 is 2.00 bits per heavy atom. The standard InChI is InChI=1S/C15H23N3O2/c16-11-6-7-13(14(17)10-11)15(19)18-8-9-20-12-4-2-1-3-5-12/h6-7,10,12H,1-5,8-9,16-17H2,(H,18,19). The van der Waals surface area contributed by atoms with Gasteiger partial charge in [-0.2, -0.15) is 0 Å². The molecular formula is C15H23N3O2. The Morgan fingerprint density at radius 3 is 2.70 bits per heavy atom. The van der Waals surface area contributed by atoms with Gasteiger partial charge in [0.25, 0.3) is 5.91 Å². The predicted molar refractivity (Wildman–Crippen MR) is 80.4 cm³/mol. The maximum atomic E-state index is 11.9. The second-order valence-corrected chi connectivity index (χ2v) is 5.23. The van der Waals surface area contributed by atoms with Crippen molar-refractivity contribution in [3.63, 3.8) is 0 Å². The van der Waals surface area contributed by atoms with Crippen LogP contribution in [0, 0.1) is 0 Å². The summed E-state index contributed by atoms with van der Waals surface area (Å²) in [5.41, 5.74) is 12.8. The van der Waals surface area contributed by atoms with Crippen LogP contribution in [0.3, 0.4) is 0 Å². The molecule has 1 saturated carbocycles. The van der Waals surface area contributed by atoms with Gasteiger partial charge in [0, 0.05) is 17.9 Å². The zero-order valence-electron chi connectivity index (χ0n) is 11.7. The number of carbonyl (C=O) groups excluding carboxylic acids is 1. The van der Waals surface area contributed by atoms with Crippen molar-refractivity contribution in [2.24, 2.45) is 0 Å². The SMILES string of the molecule is Nc1ccc(C(=O)NCCOC2CCCCC2)c(N)c1.